The van der Waals surface area contributed by atoms with Crippen molar-refractivity contribution in [2.75, 3.05) is 6.61 Å². The number of hydrogen-bond donors (Lipinski definition) is 2. The van der Waals surface area contributed by atoms with E-state index in [0.29, 0.717) is 34.8 Å². The Hall–Kier alpha value is -1.43. The van der Waals surface area contributed by atoms with Gasteiger partial charge in [0.2, 0.25) is 0 Å². The lowest BCUT2D eigenvalue weighted by molar-refractivity contribution is -0.991. The van der Waals surface area contributed by atoms with E-state index in [9.17, 15) is 10.0 Å². The molecule has 1 unspecified atom stereocenters. The Balaban J connectivity index is 1.60. The van der Waals surface area contributed by atoms with Gasteiger partial charge in [-0.15, -0.1) is 0 Å². The van der Waals surface area contributed by atoms with Crippen LogP contribution in [-0.2, 0) is 4.74 Å². The zero-order valence-corrected chi connectivity index (χ0v) is 14.0. The number of ether oxygens (including phenoxy) is 1. The highest BCUT2D eigenvalue weighted by Crippen LogP contribution is 2.67. The number of quaternary nitrogens is 1. The van der Waals surface area contributed by atoms with Crippen molar-refractivity contribution >= 4 is 11.7 Å². The van der Waals surface area contributed by atoms with E-state index in [4.69, 9.17) is 9.94 Å². The van der Waals surface area contributed by atoms with Gasteiger partial charge in [-0.1, -0.05) is 20.8 Å². The summed E-state index contributed by atoms with van der Waals surface area (Å²) in [6, 6.07) is 5.89. The number of esters is 1. The maximum atomic E-state index is 12.2. The first-order valence-corrected chi connectivity index (χ1v) is 8.25. The van der Waals surface area contributed by atoms with Crippen molar-refractivity contribution in [1.82, 2.24) is 0 Å². The smallest absolute Gasteiger partial charge is 0.338 e. The van der Waals surface area contributed by atoms with Crippen LogP contribution >= 0.6 is 0 Å². The van der Waals surface area contributed by atoms with Crippen LogP contribution in [-0.4, -0.2) is 17.8 Å². The topological polar surface area (TPSA) is 74.0 Å². The molecule has 2 fully saturated rings. The van der Waals surface area contributed by atoms with Crippen molar-refractivity contribution in [1.29, 1.82) is 0 Å². The van der Waals surface area contributed by atoms with Crippen molar-refractivity contribution in [2.24, 2.45) is 22.7 Å². The number of benzene rings is 1. The summed E-state index contributed by atoms with van der Waals surface area (Å²) in [6.45, 7) is 7.51. The Kier molecular flexibility index (Phi) is 3.99. The van der Waals surface area contributed by atoms with E-state index in [1.165, 1.54) is 37.1 Å². The van der Waals surface area contributed by atoms with Crippen LogP contribution in [0.2, 0.25) is 0 Å². The first-order valence-electron chi connectivity index (χ1n) is 8.25. The Labute approximate surface area is 136 Å². The molecule has 126 valence electrons. The van der Waals surface area contributed by atoms with Gasteiger partial charge < -0.3 is 9.94 Å². The normalized spacial score (nSPS) is 32.7. The van der Waals surface area contributed by atoms with Crippen LogP contribution in [0.5, 0.6) is 0 Å². The van der Waals surface area contributed by atoms with E-state index in [1.807, 2.05) is 0 Å². The van der Waals surface area contributed by atoms with Gasteiger partial charge in [0.25, 0.3) is 0 Å². The van der Waals surface area contributed by atoms with E-state index in [-0.39, 0.29) is 11.7 Å². The highest BCUT2D eigenvalue weighted by Gasteiger charge is 2.60. The number of carbonyl (C=O) groups is 1. The largest absolute Gasteiger partial charge is 0.595 e. The van der Waals surface area contributed by atoms with Crippen LogP contribution in [0.25, 0.3) is 0 Å². The van der Waals surface area contributed by atoms with Gasteiger partial charge in [0.05, 0.1) is 12.2 Å². The standard InChI is InChI=1S/C18H25NO4/c1-17(2)15-8-9-18(17,3)10-13(15)11-23-16(20)12-4-6-14(7-5-12)19(21)22/h4-7,13,15,19,21H,8-11H2,1-3H3/t13-,15+,18-/m1/s1. The average Bonchev–Trinajstić information content (AvgIpc) is 2.85. The molecule has 4 atom stereocenters. The van der Waals surface area contributed by atoms with Crippen LogP contribution in [0.4, 0.5) is 5.69 Å². The zero-order chi connectivity index (χ0) is 16.8. The summed E-state index contributed by atoms with van der Waals surface area (Å²) in [5.74, 6) is 0.688. The van der Waals surface area contributed by atoms with Crippen LogP contribution in [0.3, 0.4) is 0 Å². The van der Waals surface area contributed by atoms with Gasteiger partial charge in [-0.2, -0.15) is 5.23 Å². The van der Waals surface area contributed by atoms with E-state index < -0.39 is 5.23 Å². The summed E-state index contributed by atoms with van der Waals surface area (Å²) < 4.78 is 5.52. The minimum absolute atomic E-state index is 0.171. The number of hydrogen-bond acceptors (Lipinski definition) is 4. The van der Waals surface area contributed by atoms with Gasteiger partial charge in [-0.05, 0) is 54.1 Å². The molecule has 2 aliphatic carbocycles. The molecule has 0 aliphatic heterocycles. The van der Waals surface area contributed by atoms with E-state index >= 15 is 0 Å². The molecule has 2 N–H and O–H groups in total. The molecule has 0 spiro atoms. The number of nitrogens with one attached hydrogen (secondary N) is 1. The summed E-state index contributed by atoms with van der Waals surface area (Å²) in [7, 11) is 0. The fraction of sp³-hybridized carbons (Fsp3) is 0.611. The predicted molar refractivity (Wildman–Crippen MR) is 85.2 cm³/mol. The third kappa shape index (κ3) is 2.67. The quantitative estimate of drug-likeness (QED) is 0.661. The van der Waals surface area contributed by atoms with Crippen molar-refractivity contribution < 1.29 is 20.0 Å². The minimum atomic E-state index is -0.998. The van der Waals surface area contributed by atoms with Gasteiger partial charge in [0.1, 0.15) is 0 Å². The van der Waals surface area contributed by atoms with E-state index in [0.717, 1.165) is 6.42 Å². The van der Waals surface area contributed by atoms with Gasteiger partial charge in [-0.25, -0.2) is 10.0 Å². The van der Waals surface area contributed by atoms with Crippen molar-refractivity contribution in [2.45, 2.75) is 40.0 Å². The molecule has 0 radical (unpaired) electrons. The maximum absolute atomic E-state index is 12.2. The Morgan fingerprint density at radius 1 is 1.35 bits per heavy atom. The van der Waals surface area contributed by atoms with E-state index in [2.05, 4.69) is 20.8 Å². The maximum Gasteiger partial charge on any atom is 0.338 e. The van der Waals surface area contributed by atoms with Crippen LogP contribution in [0.15, 0.2) is 24.3 Å². The average molecular weight is 319 g/mol. The molecule has 0 aromatic heterocycles. The third-order valence-corrected chi connectivity index (χ3v) is 6.57. The fourth-order valence-electron chi connectivity index (χ4n) is 4.71. The molecule has 1 aromatic rings. The summed E-state index contributed by atoms with van der Waals surface area (Å²) in [4.78, 5) is 12.2. The zero-order valence-electron chi connectivity index (χ0n) is 14.0. The molecule has 3 rings (SSSR count). The molecular weight excluding hydrogens is 294 g/mol. The van der Waals surface area contributed by atoms with Gasteiger partial charge in [0.15, 0.2) is 5.69 Å². The molecule has 0 amide bonds. The second kappa shape index (κ2) is 5.58. The second-order valence-electron chi connectivity index (χ2n) is 7.87. The second-order valence-corrected chi connectivity index (χ2v) is 7.87. The lowest BCUT2D eigenvalue weighted by Gasteiger charge is -2.34. The SMILES string of the molecule is CC1(C)[C@H]2CC[C@]1(C)C[C@@H]2COC(=O)c1ccc([NH+]([O-])O)cc1. The summed E-state index contributed by atoms with van der Waals surface area (Å²) >= 11 is 0. The third-order valence-electron chi connectivity index (χ3n) is 6.57. The molecule has 0 heterocycles. The summed E-state index contributed by atoms with van der Waals surface area (Å²) in [6.07, 6.45) is 3.61. The molecule has 2 aliphatic rings. The molecular formula is C18H25NO4. The number of fused-ring (bicyclic) bond motifs is 2. The highest BCUT2D eigenvalue weighted by atomic mass is 16.8. The lowest BCUT2D eigenvalue weighted by atomic mass is 9.71. The predicted octanol–water partition coefficient (Wildman–Crippen LogP) is 2.71. The molecule has 23 heavy (non-hydrogen) atoms. The van der Waals surface area contributed by atoms with Crippen LogP contribution in [0.1, 0.15) is 50.4 Å². The van der Waals surface area contributed by atoms with Gasteiger partial charge >= 0.3 is 5.97 Å². The highest BCUT2D eigenvalue weighted by molar-refractivity contribution is 5.89. The fourth-order valence-corrected chi connectivity index (χ4v) is 4.71. The number of carbonyl (C=O) groups excluding carboxylic acids is 1. The summed E-state index contributed by atoms with van der Waals surface area (Å²) in [5, 5.41) is 18.7. The van der Waals surface area contributed by atoms with E-state index in [1.54, 1.807) is 0 Å². The molecule has 5 nitrogen and oxygen atoms in total. The van der Waals surface area contributed by atoms with Gasteiger partial charge in [0, 0.05) is 12.1 Å². The minimum Gasteiger partial charge on any atom is -0.595 e. The molecule has 2 saturated carbocycles. The van der Waals surface area contributed by atoms with Gasteiger partial charge in [-0.3, -0.25) is 0 Å². The Morgan fingerprint density at radius 2 is 2.00 bits per heavy atom. The Morgan fingerprint density at radius 3 is 2.48 bits per heavy atom. The first kappa shape index (κ1) is 16.4. The summed E-state index contributed by atoms with van der Waals surface area (Å²) in [5.41, 5.74) is 1.25. The first-order chi connectivity index (χ1) is 10.7. The lowest BCUT2D eigenvalue weighted by Crippen LogP contribution is -2.99. The monoisotopic (exact) mass is 319 g/mol. The number of rotatable bonds is 4. The van der Waals surface area contributed by atoms with Crippen molar-refractivity contribution in [3.63, 3.8) is 0 Å². The van der Waals surface area contributed by atoms with Crippen LogP contribution < -0.4 is 5.23 Å². The molecule has 2 bridgehead atoms. The van der Waals surface area contributed by atoms with Crippen molar-refractivity contribution in [3.8, 4) is 0 Å². The Bertz CT molecular complexity index is 593. The molecule has 0 saturated heterocycles. The molecule has 1 aromatic carbocycles. The van der Waals surface area contributed by atoms with Crippen molar-refractivity contribution in [3.05, 3.63) is 35.0 Å². The molecule has 5 heteroatoms. The van der Waals surface area contributed by atoms with Crippen LogP contribution in [0, 0.1) is 27.9 Å².